The Hall–Kier alpha value is -3.19. The maximum absolute atomic E-state index is 13.4. The Bertz CT molecular complexity index is 983. The number of ether oxygens (including phenoxy) is 1. The number of Topliss-reactive ketones (excluding diaryl/α,β-unsaturated/α-hetero) is 1. The van der Waals surface area contributed by atoms with Crippen molar-refractivity contribution in [2.24, 2.45) is 0 Å². The van der Waals surface area contributed by atoms with E-state index in [-0.39, 0.29) is 16.9 Å². The fourth-order valence-electron chi connectivity index (χ4n) is 3.91. The first-order valence-electron chi connectivity index (χ1n) is 10.4. The minimum atomic E-state index is -0.755. The zero-order valence-electron chi connectivity index (χ0n) is 18.0. The number of hydrogen-bond donors (Lipinski definition) is 2. The van der Waals surface area contributed by atoms with Crippen molar-refractivity contribution in [1.82, 2.24) is 4.90 Å². The number of aliphatic hydroxyl groups is 1. The number of likely N-dealkylation sites (tertiary alicyclic amines) is 1. The van der Waals surface area contributed by atoms with E-state index in [0.29, 0.717) is 24.4 Å². The Balaban J connectivity index is 2.11. The van der Waals surface area contributed by atoms with Gasteiger partial charge in [0.2, 0.25) is 0 Å². The van der Waals surface area contributed by atoms with Crippen molar-refractivity contribution in [3.63, 3.8) is 0 Å². The second-order valence-corrected chi connectivity index (χ2v) is 7.48. The quantitative estimate of drug-likeness (QED) is 0.385. The molecule has 1 fully saturated rings. The predicted octanol–water partition coefficient (Wildman–Crippen LogP) is 2.18. The van der Waals surface area contributed by atoms with E-state index in [0.717, 1.165) is 13.1 Å². The first kappa shape index (κ1) is 22.5. The van der Waals surface area contributed by atoms with Gasteiger partial charge in [-0.1, -0.05) is 12.1 Å². The molecule has 0 bridgehead atoms. The van der Waals surface area contributed by atoms with Crippen LogP contribution < -0.4 is 9.64 Å². The van der Waals surface area contributed by atoms with Crippen LogP contribution in [0.1, 0.15) is 31.0 Å². The number of nitrogens with zero attached hydrogens (tertiary/aromatic N) is 1. The number of carbonyl (C=O) groups excluding carboxylic acids is 2. The third kappa shape index (κ3) is 4.61. The van der Waals surface area contributed by atoms with Crippen LogP contribution in [-0.2, 0) is 9.59 Å². The molecule has 2 N–H and O–H groups in total. The molecule has 1 saturated heterocycles. The molecule has 6 nitrogen and oxygen atoms in total. The molecule has 0 spiro atoms. The van der Waals surface area contributed by atoms with Gasteiger partial charge in [0.1, 0.15) is 17.3 Å². The molecule has 1 aliphatic rings. The molecule has 164 valence electrons. The van der Waals surface area contributed by atoms with Gasteiger partial charge < -0.3 is 19.6 Å². The highest BCUT2D eigenvalue weighted by Crippen LogP contribution is 2.39. The molecule has 3 rings (SSSR count). The van der Waals surface area contributed by atoms with Gasteiger partial charge in [0.15, 0.2) is 0 Å². The van der Waals surface area contributed by atoms with Gasteiger partial charge in [-0.25, -0.2) is 4.39 Å². The van der Waals surface area contributed by atoms with Crippen LogP contribution in [0, 0.1) is 5.82 Å². The summed E-state index contributed by atoms with van der Waals surface area (Å²) >= 11 is 0. The minimum Gasteiger partial charge on any atom is -0.507 e. The number of nitrogens with one attached hydrogen (secondary N) is 1. The Morgan fingerprint density at radius 1 is 1.13 bits per heavy atom. The summed E-state index contributed by atoms with van der Waals surface area (Å²) in [6, 6.07) is 11.5. The van der Waals surface area contributed by atoms with Crippen molar-refractivity contribution in [2.75, 3.05) is 33.3 Å². The molecular weight excluding hydrogens is 399 g/mol. The Morgan fingerprint density at radius 2 is 1.81 bits per heavy atom. The van der Waals surface area contributed by atoms with Crippen LogP contribution in [0.3, 0.4) is 0 Å². The van der Waals surface area contributed by atoms with Crippen LogP contribution in [0.4, 0.5) is 4.39 Å². The molecule has 0 saturated carbocycles. The van der Waals surface area contributed by atoms with Crippen molar-refractivity contribution in [1.29, 1.82) is 0 Å². The normalized spacial score (nSPS) is 18.1. The number of methoxy groups -OCH3 is 1. The molecule has 1 aliphatic heterocycles. The lowest BCUT2D eigenvalue weighted by Gasteiger charge is -2.27. The topological polar surface area (TPSA) is 71.3 Å². The fraction of sp³-hybridized carbons (Fsp3) is 0.333. The van der Waals surface area contributed by atoms with Gasteiger partial charge in [0.05, 0.1) is 44.9 Å². The van der Waals surface area contributed by atoms with Gasteiger partial charge in [-0.15, -0.1) is 0 Å². The summed E-state index contributed by atoms with van der Waals surface area (Å²) < 4.78 is 18.7. The third-order valence-electron chi connectivity index (χ3n) is 5.77. The molecule has 0 unspecified atom stereocenters. The van der Waals surface area contributed by atoms with E-state index in [9.17, 15) is 19.1 Å². The van der Waals surface area contributed by atoms with Gasteiger partial charge in [-0.3, -0.25) is 9.59 Å². The molecular formula is C24H28FN2O4+. The highest BCUT2D eigenvalue weighted by molar-refractivity contribution is 6.46. The number of halogens is 1. The van der Waals surface area contributed by atoms with Crippen molar-refractivity contribution >= 4 is 17.4 Å². The molecule has 2 aromatic carbocycles. The van der Waals surface area contributed by atoms with E-state index in [1.807, 2.05) is 0 Å². The molecule has 1 amide bonds. The summed E-state index contributed by atoms with van der Waals surface area (Å²) in [6.07, 6.45) is 0. The molecule has 7 heteroatoms. The Morgan fingerprint density at radius 3 is 2.42 bits per heavy atom. The lowest BCUT2D eigenvalue weighted by atomic mass is 9.95. The first-order valence-corrected chi connectivity index (χ1v) is 10.4. The average molecular weight is 427 g/mol. The number of hydrogen-bond acceptors (Lipinski definition) is 4. The second kappa shape index (κ2) is 9.75. The summed E-state index contributed by atoms with van der Waals surface area (Å²) in [5.74, 6) is -1.58. The molecule has 1 atom stereocenters. The van der Waals surface area contributed by atoms with Gasteiger partial charge in [0, 0.05) is 5.56 Å². The van der Waals surface area contributed by atoms with E-state index in [1.54, 1.807) is 24.3 Å². The van der Waals surface area contributed by atoms with Crippen LogP contribution in [-0.4, -0.2) is 55.0 Å². The summed E-state index contributed by atoms with van der Waals surface area (Å²) in [4.78, 5) is 28.8. The molecule has 2 aromatic rings. The lowest BCUT2D eigenvalue weighted by molar-refractivity contribution is -0.895. The third-order valence-corrected chi connectivity index (χ3v) is 5.77. The highest BCUT2D eigenvalue weighted by atomic mass is 19.1. The van der Waals surface area contributed by atoms with E-state index in [1.165, 1.54) is 41.2 Å². The maximum atomic E-state index is 13.4. The van der Waals surface area contributed by atoms with E-state index < -0.39 is 23.5 Å². The SMILES string of the molecule is CC[NH+](CC)CCN1C(=O)C(=O)/C(=C(/O)c2ccc(F)cc2)[C@H]1c1cccc(OC)c1. The van der Waals surface area contributed by atoms with Crippen molar-refractivity contribution < 1.29 is 28.7 Å². The summed E-state index contributed by atoms with van der Waals surface area (Å²) in [7, 11) is 1.54. The van der Waals surface area contributed by atoms with Gasteiger partial charge in [0.25, 0.3) is 11.7 Å². The summed E-state index contributed by atoms with van der Waals surface area (Å²) in [5.41, 5.74) is 0.942. The van der Waals surface area contributed by atoms with Crippen LogP contribution >= 0.6 is 0 Å². The lowest BCUT2D eigenvalue weighted by Crippen LogP contribution is -3.12. The number of likely N-dealkylation sites (N-methyl/N-ethyl adjacent to an activating group) is 1. The van der Waals surface area contributed by atoms with Gasteiger partial charge in [-0.05, 0) is 55.8 Å². The summed E-state index contributed by atoms with van der Waals surface area (Å²) in [6.45, 7) is 6.99. The van der Waals surface area contributed by atoms with E-state index in [2.05, 4.69) is 13.8 Å². The minimum absolute atomic E-state index is 0.000548. The fourth-order valence-corrected chi connectivity index (χ4v) is 3.91. The second-order valence-electron chi connectivity index (χ2n) is 7.48. The highest BCUT2D eigenvalue weighted by Gasteiger charge is 2.46. The molecule has 0 aliphatic carbocycles. The summed E-state index contributed by atoms with van der Waals surface area (Å²) in [5, 5.41) is 11.0. The smallest absolute Gasteiger partial charge is 0.295 e. The van der Waals surface area contributed by atoms with Crippen molar-refractivity contribution in [3.05, 3.63) is 71.0 Å². The molecule has 1 heterocycles. The average Bonchev–Trinajstić information content (AvgIpc) is 3.04. The van der Waals surface area contributed by atoms with Gasteiger partial charge in [-0.2, -0.15) is 0 Å². The van der Waals surface area contributed by atoms with Gasteiger partial charge >= 0.3 is 0 Å². The molecule has 31 heavy (non-hydrogen) atoms. The number of aliphatic hydroxyl groups excluding tert-OH is 1. The number of benzene rings is 2. The van der Waals surface area contributed by atoms with Crippen LogP contribution in [0.15, 0.2) is 54.1 Å². The number of carbonyl (C=O) groups is 2. The zero-order valence-corrected chi connectivity index (χ0v) is 18.0. The first-order chi connectivity index (χ1) is 14.9. The van der Waals surface area contributed by atoms with Crippen LogP contribution in [0.2, 0.25) is 0 Å². The van der Waals surface area contributed by atoms with Crippen molar-refractivity contribution in [2.45, 2.75) is 19.9 Å². The number of rotatable bonds is 8. The number of ketones is 1. The number of amides is 1. The molecule has 0 radical (unpaired) electrons. The van der Waals surface area contributed by atoms with E-state index in [4.69, 9.17) is 4.74 Å². The van der Waals surface area contributed by atoms with Crippen LogP contribution in [0.25, 0.3) is 5.76 Å². The predicted molar refractivity (Wildman–Crippen MR) is 115 cm³/mol. The number of quaternary nitrogens is 1. The Kier molecular flexibility index (Phi) is 7.07. The van der Waals surface area contributed by atoms with Crippen LogP contribution in [0.5, 0.6) is 5.75 Å². The Labute approximate surface area is 181 Å². The molecule has 0 aromatic heterocycles. The monoisotopic (exact) mass is 427 g/mol. The van der Waals surface area contributed by atoms with E-state index >= 15 is 0 Å². The zero-order chi connectivity index (χ0) is 22.5. The standard InChI is InChI=1S/C24H27FN2O4/c1-4-26(5-2)13-14-27-21(17-7-6-8-19(15-17)31-3)20(23(29)24(27)30)22(28)16-9-11-18(25)12-10-16/h6-12,15,21,28H,4-5,13-14H2,1-3H3/p+1/b22-20+/t21-/m1/s1. The largest absolute Gasteiger partial charge is 0.507 e. The van der Waals surface area contributed by atoms with Crippen molar-refractivity contribution in [3.8, 4) is 5.75 Å². The maximum Gasteiger partial charge on any atom is 0.295 e.